The summed E-state index contributed by atoms with van der Waals surface area (Å²) in [5.41, 5.74) is 1.24. The summed E-state index contributed by atoms with van der Waals surface area (Å²) in [7, 11) is 0. The Kier molecular flexibility index (Phi) is 3.78. The van der Waals surface area contributed by atoms with E-state index in [1.807, 2.05) is 19.3 Å². The van der Waals surface area contributed by atoms with E-state index in [-0.39, 0.29) is 5.60 Å². The number of hydrogen-bond donors (Lipinski definition) is 0. The molecule has 5 heteroatoms. The minimum Gasteiger partial charge on any atom is -0.373 e. The van der Waals surface area contributed by atoms with Crippen LogP contribution in [0.3, 0.4) is 0 Å². The summed E-state index contributed by atoms with van der Waals surface area (Å²) in [5.74, 6) is 0.870. The monoisotopic (exact) mass is 302 g/mol. The van der Waals surface area contributed by atoms with E-state index in [2.05, 4.69) is 19.8 Å². The van der Waals surface area contributed by atoms with E-state index in [1.54, 1.807) is 0 Å². The van der Waals surface area contributed by atoms with Crippen molar-refractivity contribution in [2.24, 2.45) is 0 Å². The standard InChI is InChI=1S/C17H26N4O/c1-14-11-18-16(19-12-14)21-8-4-17(5-9-21)10-15(13-22-17)20-6-2-3-7-20/h11-12,15H,2-10,13H2,1H3. The molecule has 0 saturated carbocycles. The lowest BCUT2D eigenvalue weighted by Gasteiger charge is -2.39. The van der Waals surface area contributed by atoms with Gasteiger partial charge in [0, 0.05) is 31.5 Å². The zero-order valence-electron chi connectivity index (χ0n) is 13.5. The van der Waals surface area contributed by atoms with E-state index in [1.165, 1.54) is 32.4 Å². The molecule has 1 spiro atoms. The zero-order valence-corrected chi connectivity index (χ0v) is 13.5. The van der Waals surface area contributed by atoms with Crippen LogP contribution in [-0.2, 0) is 4.74 Å². The number of rotatable bonds is 2. The van der Waals surface area contributed by atoms with Gasteiger partial charge in [-0.15, -0.1) is 0 Å². The Balaban J connectivity index is 1.36. The first-order chi connectivity index (χ1) is 10.7. The summed E-state index contributed by atoms with van der Waals surface area (Å²) in [6.07, 6.45) is 9.97. The third-order valence-corrected chi connectivity index (χ3v) is 5.57. The number of piperidine rings is 1. The summed E-state index contributed by atoms with van der Waals surface area (Å²) >= 11 is 0. The number of likely N-dealkylation sites (tertiary alicyclic amines) is 1. The van der Waals surface area contributed by atoms with E-state index in [4.69, 9.17) is 4.74 Å². The highest BCUT2D eigenvalue weighted by Crippen LogP contribution is 2.38. The topological polar surface area (TPSA) is 41.5 Å². The number of nitrogens with zero attached hydrogens (tertiary/aromatic N) is 4. The van der Waals surface area contributed by atoms with Crippen molar-refractivity contribution in [3.63, 3.8) is 0 Å². The molecule has 3 fully saturated rings. The Morgan fingerprint density at radius 1 is 1.09 bits per heavy atom. The molecule has 0 radical (unpaired) electrons. The molecule has 5 nitrogen and oxygen atoms in total. The van der Waals surface area contributed by atoms with Crippen molar-refractivity contribution in [3.8, 4) is 0 Å². The van der Waals surface area contributed by atoms with Crippen LogP contribution >= 0.6 is 0 Å². The van der Waals surface area contributed by atoms with Crippen molar-refractivity contribution in [2.45, 2.75) is 50.7 Å². The van der Waals surface area contributed by atoms with Gasteiger partial charge in [-0.2, -0.15) is 0 Å². The van der Waals surface area contributed by atoms with Crippen molar-refractivity contribution in [3.05, 3.63) is 18.0 Å². The number of aromatic nitrogens is 2. The average molecular weight is 302 g/mol. The summed E-state index contributed by atoms with van der Waals surface area (Å²) in [6.45, 7) is 7.52. The predicted octanol–water partition coefficient (Wildman–Crippen LogP) is 2.01. The smallest absolute Gasteiger partial charge is 0.225 e. The Morgan fingerprint density at radius 3 is 2.45 bits per heavy atom. The number of aryl methyl sites for hydroxylation is 1. The average Bonchev–Trinajstić information content (AvgIpc) is 3.19. The summed E-state index contributed by atoms with van der Waals surface area (Å²) in [5, 5.41) is 0. The molecule has 4 rings (SSSR count). The van der Waals surface area contributed by atoms with Gasteiger partial charge in [0.15, 0.2) is 0 Å². The summed E-state index contributed by atoms with van der Waals surface area (Å²) in [4.78, 5) is 13.9. The van der Waals surface area contributed by atoms with Gasteiger partial charge < -0.3 is 9.64 Å². The lowest BCUT2D eigenvalue weighted by atomic mass is 9.87. The third-order valence-electron chi connectivity index (χ3n) is 5.57. The summed E-state index contributed by atoms with van der Waals surface area (Å²) < 4.78 is 6.30. The first-order valence-electron chi connectivity index (χ1n) is 8.66. The van der Waals surface area contributed by atoms with Crippen LogP contribution in [0.4, 0.5) is 5.95 Å². The highest BCUT2D eigenvalue weighted by molar-refractivity contribution is 5.31. The fourth-order valence-electron chi connectivity index (χ4n) is 4.17. The first kappa shape index (κ1) is 14.4. The molecule has 22 heavy (non-hydrogen) atoms. The van der Waals surface area contributed by atoms with Crippen LogP contribution in [-0.4, -0.2) is 59.3 Å². The van der Waals surface area contributed by atoms with Gasteiger partial charge in [-0.1, -0.05) is 0 Å². The van der Waals surface area contributed by atoms with Crippen LogP contribution in [0.15, 0.2) is 12.4 Å². The highest BCUT2D eigenvalue weighted by atomic mass is 16.5. The SMILES string of the molecule is Cc1cnc(N2CCC3(CC2)CC(N2CCCC2)CO3)nc1. The second-order valence-corrected chi connectivity index (χ2v) is 7.14. The largest absolute Gasteiger partial charge is 0.373 e. The number of ether oxygens (including phenoxy) is 1. The van der Waals surface area contributed by atoms with E-state index in [0.29, 0.717) is 6.04 Å². The maximum absolute atomic E-state index is 6.30. The van der Waals surface area contributed by atoms with Crippen molar-refractivity contribution in [1.29, 1.82) is 0 Å². The van der Waals surface area contributed by atoms with E-state index >= 15 is 0 Å². The maximum atomic E-state index is 6.30. The molecule has 3 aliphatic rings. The van der Waals surface area contributed by atoms with Crippen LogP contribution in [0.5, 0.6) is 0 Å². The molecule has 0 aromatic carbocycles. The fourth-order valence-corrected chi connectivity index (χ4v) is 4.17. The molecule has 0 bridgehead atoms. The molecule has 4 heterocycles. The fraction of sp³-hybridized carbons (Fsp3) is 0.765. The van der Waals surface area contributed by atoms with Gasteiger partial charge in [0.1, 0.15) is 0 Å². The first-order valence-corrected chi connectivity index (χ1v) is 8.66. The molecule has 120 valence electrons. The molecule has 1 aromatic rings. The van der Waals surface area contributed by atoms with Gasteiger partial charge >= 0.3 is 0 Å². The molecule has 1 atom stereocenters. The highest BCUT2D eigenvalue weighted by Gasteiger charge is 2.44. The van der Waals surface area contributed by atoms with Crippen molar-refractivity contribution in [2.75, 3.05) is 37.7 Å². The van der Waals surface area contributed by atoms with Gasteiger partial charge in [-0.05, 0) is 57.7 Å². The molecular weight excluding hydrogens is 276 g/mol. The van der Waals surface area contributed by atoms with Crippen molar-refractivity contribution >= 4 is 5.95 Å². The molecule has 0 amide bonds. The number of anilines is 1. The minimum absolute atomic E-state index is 0.119. The quantitative estimate of drug-likeness (QED) is 0.836. The Hall–Kier alpha value is -1.20. The minimum atomic E-state index is 0.119. The van der Waals surface area contributed by atoms with Crippen LogP contribution in [0, 0.1) is 6.92 Å². The molecule has 3 aliphatic heterocycles. The Labute approximate surface area is 132 Å². The molecule has 0 N–H and O–H groups in total. The van der Waals surface area contributed by atoms with Gasteiger partial charge in [0.05, 0.1) is 12.2 Å². The van der Waals surface area contributed by atoms with E-state index in [9.17, 15) is 0 Å². The lowest BCUT2D eigenvalue weighted by molar-refractivity contribution is -0.0159. The molecule has 0 aliphatic carbocycles. The van der Waals surface area contributed by atoms with Crippen molar-refractivity contribution in [1.82, 2.24) is 14.9 Å². The second-order valence-electron chi connectivity index (χ2n) is 7.14. The number of hydrogen-bond acceptors (Lipinski definition) is 5. The van der Waals surface area contributed by atoms with E-state index in [0.717, 1.165) is 44.0 Å². The van der Waals surface area contributed by atoms with Gasteiger partial charge in [-0.3, -0.25) is 4.90 Å². The van der Waals surface area contributed by atoms with Crippen molar-refractivity contribution < 1.29 is 4.74 Å². The van der Waals surface area contributed by atoms with E-state index < -0.39 is 0 Å². The van der Waals surface area contributed by atoms with Crippen LogP contribution in [0.1, 0.15) is 37.7 Å². The Morgan fingerprint density at radius 2 is 1.77 bits per heavy atom. The third kappa shape index (κ3) is 2.72. The maximum Gasteiger partial charge on any atom is 0.225 e. The molecule has 3 saturated heterocycles. The molecular formula is C17H26N4O. The van der Waals surface area contributed by atoms with Gasteiger partial charge in [0.25, 0.3) is 0 Å². The van der Waals surface area contributed by atoms with Crippen LogP contribution < -0.4 is 4.90 Å². The predicted molar refractivity (Wildman–Crippen MR) is 86.1 cm³/mol. The normalized spacial score (nSPS) is 28.6. The molecule has 1 unspecified atom stereocenters. The van der Waals surface area contributed by atoms with Crippen LogP contribution in [0.25, 0.3) is 0 Å². The van der Waals surface area contributed by atoms with Gasteiger partial charge in [-0.25, -0.2) is 9.97 Å². The van der Waals surface area contributed by atoms with Crippen LogP contribution in [0.2, 0.25) is 0 Å². The van der Waals surface area contributed by atoms with Gasteiger partial charge in [0.2, 0.25) is 5.95 Å². The lowest BCUT2D eigenvalue weighted by Crippen LogP contribution is -2.45. The molecule has 1 aromatic heterocycles. The second kappa shape index (κ2) is 5.78. The summed E-state index contributed by atoms with van der Waals surface area (Å²) in [6, 6.07) is 0.657. The zero-order chi connectivity index (χ0) is 15.0. The Bertz CT molecular complexity index is 504.